The second-order valence-electron chi connectivity index (χ2n) is 2.95. The maximum Gasteiger partial charge on any atom is 0.336 e. The molecule has 0 amide bonds. The minimum absolute atomic E-state index is 0.0136. The molecular weight excluding hydrogens is 226 g/mol. The summed E-state index contributed by atoms with van der Waals surface area (Å²) in [5.74, 6) is -0.584. The number of carbonyl (C=O) groups is 1. The van der Waals surface area contributed by atoms with Crippen molar-refractivity contribution in [3.8, 4) is 11.5 Å². The van der Waals surface area contributed by atoms with Gasteiger partial charge in [0.15, 0.2) is 11.5 Å². The van der Waals surface area contributed by atoms with E-state index in [-0.39, 0.29) is 11.3 Å². The first-order chi connectivity index (χ1) is 8.13. The molecule has 0 saturated carbocycles. The Morgan fingerprint density at radius 3 is 2.71 bits per heavy atom. The molecule has 0 spiro atoms. The fourth-order valence-corrected chi connectivity index (χ4v) is 1.28. The van der Waals surface area contributed by atoms with E-state index in [1.807, 2.05) is 0 Å². The highest BCUT2D eigenvalue weighted by Gasteiger charge is 2.15. The van der Waals surface area contributed by atoms with Crippen molar-refractivity contribution in [2.24, 2.45) is 5.11 Å². The Bertz CT molecular complexity index is 481. The number of carboxylic acids is 1. The molecule has 17 heavy (non-hydrogen) atoms. The Morgan fingerprint density at radius 1 is 1.53 bits per heavy atom. The predicted molar refractivity (Wildman–Crippen MR) is 59.9 cm³/mol. The van der Waals surface area contributed by atoms with Gasteiger partial charge in [-0.3, -0.25) is 0 Å². The van der Waals surface area contributed by atoms with Gasteiger partial charge in [0.1, 0.15) is 0 Å². The number of hydrogen-bond donors (Lipinski definition) is 1. The van der Waals surface area contributed by atoms with Crippen LogP contribution in [0, 0.1) is 0 Å². The van der Waals surface area contributed by atoms with Gasteiger partial charge in [-0.1, -0.05) is 5.11 Å². The smallest absolute Gasteiger partial charge is 0.336 e. The molecule has 0 radical (unpaired) electrons. The molecule has 0 unspecified atom stereocenters. The van der Waals surface area contributed by atoms with Gasteiger partial charge in [0, 0.05) is 4.91 Å². The second kappa shape index (κ2) is 5.62. The molecule has 1 N–H and O–H groups in total. The lowest BCUT2D eigenvalue weighted by Crippen LogP contribution is -2.01. The molecular formula is C10H11N3O4. The van der Waals surface area contributed by atoms with E-state index < -0.39 is 5.97 Å². The number of carboxylic acid groups (broad SMARTS) is 1. The summed E-state index contributed by atoms with van der Waals surface area (Å²) in [7, 11) is 1.41. The molecule has 0 fully saturated rings. The molecule has 0 aliphatic carbocycles. The lowest BCUT2D eigenvalue weighted by atomic mass is 10.1. The normalized spacial score (nSPS) is 9.29. The number of methoxy groups -OCH3 is 1. The van der Waals surface area contributed by atoms with Crippen molar-refractivity contribution in [3.63, 3.8) is 0 Å². The van der Waals surface area contributed by atoms with Crippen LogP contribution in [0.3, 0.4) is 0 Å². The summed E-state index contributed by atoms with van der Waals surface area (Å²) in [5.41, 5.74) is 8.21. The van der Waals surface area contributed by atoms with Crippen LogP contribution in [0.5, 0.6) is 11.5 Å². The fourth-order valence-electron chi connectivity index (χ4n) is 1.28. The van der Waals surface area contributed by atoms with Gasteiger partial charge in [0.05, 0.1) is 25.0 Å². The molecule has 0 aliphatic rings. The lowest BCUT2D eigenvalue weighted by molar-refractivity contribution is 0.0697. The van der Waals surface area contributed by atoms with E-state index in [2.05, 4.69) is 10.0 Å². The number of aromatic carboxylic acids is 1. The first kappa shape index (κ1) is 12.7. The monoisotopic (exact) mass is 237 g/mol. The van der Waals surface area contributed by atoms with Crippen LogP contribution < -0.4 is 9.47 Å². The molecule has 7 nitrogen and oxygen atoms in total. The average molecular weight is 237 g/mol. The van der Waals surface area contributed by atoms with E-state index in [0.717, 1.165) is 0 Å². The van der Waals surface area contributed by atoms with Crippen molar-refractivity contribution >= 4 is 11.7 Å². The van der Waals surface area contributed by atoms with E-state index in [0.29, 0.717) is 18.1 Å². The van der Waals surface area contributed by atoms with Crippen molar-refractivity contribution in [2.45, 2.75) is 6.92 Å². The maximum atomic E-state index is 11.0. The third-order valence-electron chi connectivity index (χ3n) is 1.96. The molecule has 0 atom stereocenters. The van der Waals surface area contributed by atoms with E-state index in [1.54, 1.807) is 6.92 Å². The van der Waals surface area contributed by atoms with Gasteiger partial charge >= 0.3 is 5.97 Å². The van der Waals surface area contributed by atoms with Gasteiger partial charge in [-0.05, 0) is 24.6 Å². The zero-order valence-corrected chi connectivity index (χ0v) is 9.38. The number of rotatable bonds is 5. The maximum absolute atomic E-state index is 11.0. The highest BCUT2D eigenvalue weighted by Crippen LogP contribution is 2.35. The molecule has 1 aromatic carbocycles. The molecule has 0 saturated heterocycles. The fraction of sp³-hybridized carbons (Fsp3) is 0.300. The second-order valence-corrected chi connectivity index (χ2v) is 2.95. The van der Waals surface area contributed by atoms with Gasteiger partial charge in [0.2, 0.25) is 0 Å². The Hall–Kier alpha value is -2.40. The summed E-state index contributed by atoms with van der Waals surface area (Å²) in [4.78, 5) is 13.5. The van der Waals surface area contributed by atoms with Crippen molar-refractivity contribution in [1.29, 1.82) is 0 Å². The standard InChI is InChI=1S/C10H11N3O4/c1-3-17-9-4-6(10(14)15)7(12-13-11)5-8(9)16-2/h4-5H,3H2,1-2H3,(H,14,15). The average Bonchev–Trinajstić information content (AvgIpc) is 2.30. The summed E-state index contributed by atoms with van der Waals surface area (Å²) in [5, 5.41) is 12.3. The largest absolute Gasteiger partial charge is 0.493 e. The number of ether oxygens (including phenoxy) is 2. The van der Waals surface area contributed by atoms with E-state index >= 15 is 0 Å². The van der Waals surface area contributed by atoms with Crippen LogP contribution in [0.2, 0.25) is 0 Å². The molecule has 1 aromatic rings. The van der Waals surface area contributed by atoms with Crippen LogP contribution in [-0.4, -0.2) is 24.8 Å². The molecule has 0 aliphatic heterocycles. The summed E-state index contributed by atoms with van der Waals surface area (Å²) in [6.07, 6.45) is 0. The van der Waals surface area contributed by atoms with Crippen LogP contribution >= 0.6 is 0 Å². The number of azide groups is 1. The third kappa shape index (κ3) is 2.79. The first-order valence-corrected chi connectivity index (χ1v) is 4.77. The Kier molecular flexibility index (Phi) is 4.19. The molecule has 0 aromatic heterocycles. The predicted octanol–water partition coefficient (Wildman–Crippen LogP) is 2.73. The summed E-state index contributed by atoms with van der Waals surface area (Å²) >= 11 is 0. The summed E-state index contributed by atoms with van der Waals surface area (Å²) in [6, 6.07) is 2.60. The summed E-state index contributed by atoms with van der Waals surface area (Å²) < 4.78 is 10.2. The molecule has 7 heteroatoms. The molecule has 0 heterocycles. The first-order valence-electron chi connectivity index (χ1n) is 4.77. The van der Waals surface area contributed by atoms with Crippen LogP contribution in [0.4, 0.5) is 5.69 Å². The summed E-state index contributed by atoms with van der Waals surface area (Å²) in [6.45, 7) is 2.14. The van der Waals surface area contributed by atoms with Crippen LogP contribution in [0.15, 0.2) is 17.2 Å². The van der Waals surface area contributed by atoms with E-state index in [4.69, 9.17) is 20.1 Å². The molecule has 0 bridgehead atoms. The number of nitrogens with zero attached hydrogens (tertiary/aromatic N) is 3. The molecule has 90 valence electrons. The van der Waals surface area contributed by atoms with Gasteiger partial charge in [0.25, 0.3) is 0 Å². The van der Waals surface area contributed by atoms with Crippen LogP contribution in [0.25, 0.3) is 10.4 Å². The van der Waals surface area contributed by atoms with Gasteiger partial charge < -0.3 is 14.6 Å². The van der Waals surface area contributed by atoms with E-state index in [9.17, 15) is 4.79 Å². The van der Waals surface area contributed by atoms with Gasteiger partial charge in [-0.15, -0.1) is 0 Å². The number of hydrogen-bond acceptors (Lipinski definition) is 4. The highest BCUT2D eigenvalue weighted by atomic mass is 16.5. The molecule has 1 rings (SSSR count). The topological polar surface area (TPSA) is 105 Å². The van der Waals surface area contributed by atoms with Crippen molar-refractivity contribution in [1.82, 2.24) is 0 Å². The van der Waals surface area contributed by atoms with Gasteiger partial charge in [-0.2, -0.15) is 0 Å². The van der Waals surface area contributed by atoms with Crippen molar-refractivity contribution in [2.75, 3.05) is 13.7 Å². The van der Waals surface area contributed by atoms with Crippen molar-refractivity contribution in [3.05, 3.63) is 28.1 Å². The van der Waals surface area contributed by atoms with Crippen LogP contribution in [-0.2, 0) is 0 Å². The van der Waals surface area contributed by atoms with Crippen molar-refractivity contribution < 1.29 is 19.4 Å². The van der Waals surface area contributed by atoms with Crippen LogP contribution in [0.1, 0.15) is 17.3 Å². The zero-order chi connectivity index (χ0) is 12.8. The quantitative estimate of drug-likeness (QED) is 0.482. The van der Waals surface area contributed by atoms with Gasteiger partial charge in [-0.25, -0.2) is 4.79 Å². The lowest BCUT2D eigenvalue weighted by Gasteiger charge is -2.11. The van der Waals surface area contributed by atoms with E-state index in [1.165, 1.54) is 19.2 Å². The minimum atomic E-state index is -1.20. The third-order valence-corrected chi connectivity index (χ3v) is 1.96. The Morgan fingerprint density at radius 2 is 2.24 bits per heavy atom. The minimum Gasteiger partial charge on any atom is -0.493 e. The zero-order valence-electron chi connectivity index (χ0n) is 9.38. The Balaban J connectivity index is 3.41. The number of benzene rings is 1. The Labute approximate surface area is 97.2 Å². The SMILES string of the molecule is CCOc1cc(C(=O)O)c(N=[N+]=[N-])cc1OC. The highest BCUT2D eigenvalue weighted by molar-refractivity contribution is 5.94.